The van der Waals surface area contributed by atoms with E-state index in [4.69, 9.17) is 0 Å². The van der Waals surface area contributed by atoms with E-state index in [-0.39, 0.29) is 5.91 Å². The van der Waals surface area contributed by atoms with Crippen molar-refractivity contribution in [3.63, 3.8) is 0 Å². The highest BCUT2D eigenvalue weighted by molar-refractivity contribution is 5.94. The van der Waals surface area contributed by atoms with E-state index in [9.17, 15) is 4.79 Å². The van der Waals surface area contributed by atoms with Gasteiger partial charge in [0.25, 0.3) is 5.91 Å². The van der Waals surface area contributed by atoms with Gasteiger partial charge in [0.1, 0.15) is 0 Å². The monoisotopic (exact) mass is 262 g/mol. The van der Waals surface area contributed by atoms with Crippen molar-refractivity contribution in [2.75, 3.05) is 13.1 Å². The van der Waals surface area contributed by atoms with E-state index in [1.54, 1.807) is 0 Å². The van der Waals surface area contributed by atoms with Gasteiger partial charge in [-0.2, -0.15) is 0 Å². The minimum Gasteiger partial charge on any atom is -0.352 e. The Morgan fingerprint density at radius 2 is 2.05 bits per heavy atom. The van der Waals surface area contributed by atoms with Crippen molar-refractivity contribution in [2.24, 2.45) is 5.92 Å². The summed E-state index contributed by atoms with van der Waals surface area (Å²) in [5.41, 5.74) is 1.91. The van der Waals surface area contributed by atoms with Gasteiger partial charge >= 0.3 is 0 Å². The molecule has 0 saturated carbocycles. The molecule has 1 aromatic carbocycles. The lowest BCUT2D eigenvalue weighted by molar-refractivity contribution is 0.0953. The third kappa shape index (κ3) is 6.39. The van der Waals surface area contributed by atoms with Crippen LogP contribution in [0.15, 0.2) is 24.3 Å². The molecule has 1 aromatic rings. The van der Waals surface area contributed by atoms with Crippen LogP contribution in [0, 0.1) is 5.92 Å². The van der Waals surface area contributed by atoms with Crippen molar-refractivity contribution in [3.05, 3.63) is 35.4 Å². The topological polar surface area (TPSA) is 41.1 Å². The van der Waals surface area contributed by atoms with Gasteiger partial charge < -0.3 is 10.6 Å². The van der Waals surface area contributed by atoms with Crippen LogP contribution < -0.4 is 10.6 Å². The summed E-state index contributed by atoms with van der Waals surface area (Å²) in [5.74, 6) is 0.740. The van der Waals surface area contributed by atoms with Crippen molar-refractivity contribution >= 4 is 5.91 Å². The number of amides is 1. The smallest absolute Gasteiger partial charge is 0.251 e. The number of nitrogens with one attached hydrogen (secondary N) is 2. The van der Waals surface area contributed by atoms with Crippen molar-refractivity contribution in [2.45, 2.75) is 40.2 Å². The molecule has 0 radical (unpaired) electrons. The molecule has 0 aliphatic carbocycles. The van der Waals surface area contributed by atoms with Crippen LogP contribution in [0.1, 0.15) is 49.5 Å². The summed E-state index contributed by atoms with van der Waals surface area (Å²) in [6.45, 7) is 9.07. The van der Waals surface area contributed by atoms with Crippen molar-refractivity contribution in [1.82, 2.24) is 10.6 Å². The van der Waals surface area contributed by atoms with Crippen molar-refractivity contribution < 1.29 is 4.79 Å². The third-order valence-corrected chi connectivity index (χ3v) is 2.95. The minimum atomic E-state index is 0.0193. The van der Waals surface area contributed by atoms with Crippen LogP contribution in [0.25, 0.3) is 0 Å². The predicted octanol–water partition coefficient (Wildman–Crippen LogP) is 2.96. The van der Waals surface area contributed by atoms with Crippen LogP contribution in [-0.4, -0.2) is 19.0 Å². The summed E-state index contributed by atoms with van der Waals surface area (Å²) in [4.78, 5) is 11.8. The molecule has 0 spiro atoms. The number of rotatable bonds is 8. The summed E-state index contributed by atoms with van der Waals surface area (Å²) in [5, 5.41) is 6.31. The Morgan fingerprint density at radius 1 is 1.26 bits per heavy atom. The molecular formula is C16H26N2O. The van der Waals surface area contributed by atoms with Crippen LogP contribution in [0.2, 0.25) is 0 Å². The van der Waals surface area contributed by atoms with E-state index < -0.39 is 0 Å². The minimum absolute atomic E-state index is 0.0193. The summed E-state index contributed by atoms with van der Waals surface area (Å²) in [7, 11) is 0. The first kappa shape index (κ1) is 15.7. The van der Waals surface area contributed by atoms with E-state index >= 15 is 0 Å². The average molecular weight is 262 g/mol. The predicted molar refractivity (Wildman–Crippen MR) is 80.2 cm³/mol. The summed E-state index contributed by atoms with van der Waals surface area (Å²) >= 11 is 0. The highest BCUT2D eigenvalue weighted by atomic mass is 16.1. The fourth-order valence-electron chi connectivity index (χ4n) is 1.79. The fourth-order valence-corrected chi connectivity index (χ4v) is 1.79. The zero-order valence-electron chi connectivity index (χ0n) is 12.3. The number of benzene rings is 1. The van der Waals surface area contributed by atoms with Gasteiger partial charge in [0.05, 0.1) is 0 Å². The maximum atomic E-state index is 11.8. The van der Waals surface area contributed by atoms with Gasteiger partial charge in [-0.1, -0.05) is 32.9 Å². The molecule has 0 aliphatic rings. The molecule has 1 rings (SSSR count). The molecule has 1 amide bonds. The maximum Gasteiger partial charge on any atom is 0.251 e. The first-order valence-electron chi connectivity index (χ1n) is 7.21. The molecule has 0 aliphatic heterocycles. The average Bonchev–Trinajstić information content (AvgIpc) is 2.41. The van der Waals surface area contributed by atoms with Gasteiger partial charge in [-0.05, 0) is 43.0 Å². The lowest BCUT2D eigenvalue weighted by Gasteiger charge is -2.08. The SMILES string of the molecule is CCCNC(=O)c1cccc(CNCCC(C)C)c1. The second-order valence-corrected chi connectivity index (χ2v) is 5.32. The van der Waals surface area contributed by atoms with Crippen molar-refractivity contribution in [1.29, 1.82) is 0 Å². The zero-order valence-corrected chi connectivity index (χ0v) is 12.3. The number of carbonyl (C=O) groups is 1. The van der Waals surface area contributed by atoms with Gasteiger partial charge in [0.2, 0.25) is 0 Å². The normalized spacial score (nSPS) is 10.7. The van der Waals surface area contributed by atoms with Gasteiger partial charge in [-0.25, -0.2) is 0 Å². The Balaban J connectivity index is 2.45. The van der Waals surface area contributed by atoms with E-state index in [2.05, 4.69) is 37.5 Å². The third-order valence-electron chi connectivity index (χ3n) is 2.95. The molecule has 0 aromatic heterocycles. The molecule has 0 atom stereocenters. The Labute approximate surface area is 116 Å². The molecule has 0 unspecified atom stereocenters. The van der Waals surface area contributed by atoms with Gasteiger partial charge in [-0.15, -0.1) is 0 Å². The van der Waals surface area contributed by atoms with Crippen LogP contribution in [-0.2, 0) is 6.54 Å². The van der Waals surface area contributed by atoms with Gasteiger partial charge in [-0.3, -0.25) is 4.79 Å². The molecule has 106 valence electrons. The molecule has 0 heterocycles. The molecule has 3 nitrogen and oxygen atoms in total. The van der Waals surface area contributed by atoms with Crippen molar-refractivity contribution in [3.8, 4) is 0 Å². The zero-order chi connectivity index (χ0) is 14.1. The van der Waals surface area contributed by atoms with Gasteiger partial charge in [0, 0.05) is 18.7 Å². The maximum absolute atomic E-state index is 11.8. The van der Waals surface area contributed by atoms with Crippen LogP contribution in [0.4, 0.5) is 0 Å². The molecule has 0 saturated heterocycles. The Kier molecular flexibility index (Phi) is 7.19. The summed E-state index contributed by atoms with van der Waals surface area (Å²) in [6.07, 6.45) is 2.14. The fraction of sp³-hybridized carbons (Fsp3) is 0.562. The summed E-state index contributed by atoms with van der Waals surface area (Å²) in [6, 6.07) is 7.83. The van der Waals surface area contributed by atoms with E-state index in [0.717, 1.165) is 43.1 Å². The molecular weight excluding hydrogens is 236 g/mol. The van der Waals surface area contributed by atoms with E-state index in [1.807, 2.05) is 18.2 Å². The Bertz CT molecular complexity index is 388. The second-order valence-electron chi connectivity index (χ2n) is 5.32. The Hall–Kier alpha value is -1.35. The van der Waals surface area contributed by atoms with Crippen LogP contribution >= 0.6 is 0 Å². The molecule has 19 heavy (non-hydrogen) atoms. The van der Waals surface area contributed by atoms with Crippen LogP contribution in [0.5, 0.6) is 0 Å². The second kappa shape index (κ2) is 8.70. The largest absolute Gasteiger partial charge is 0.352 e. The highest BCUT2D eigenvalue weighted by Gasteiger charge is 2.04. The van der Waals surface area contributed by atoms with E-state index in [1.165, 1.54) is 6.42 Å². The quantitative estimate of drug-likeness (QED) is 0.707. The number of hydrogen-bond donors (Lipinski definition) is 2. The van der Waals surface area contributed by atoms with Crippen LogP contribution in [0.3, 0.4) is 0 Å². The molecule has 3 heteroatoms. The lowest BCUT2D eigenvalue weighted by Crippen LogP contribution is -2.24. The standard InChI is InChI=1S/C16H26N2O/c1-4-9-18-16(19)15-7-5-6-14(11-15)12-17-10-8-13(2)3/h5-7,11,13,17H,4,8-10,12H2,1-3H3,(H,18,19). The molecule has 0 bridgehead atoms. The van der Waals surface area contributed by atoms with Gasteiger partial charge in [0.15, 0.2) is 0 Å². The first-order valence-corrected chi connectivity index (χ1v) is 7.21. The molecule has 0 fully saturated rings. The number of hydrogen-bond acceptors (Lipinski definition) is 2. The first-order chi connectivity index (χ1) is 9.13. The lowest BCUT2D eigenvalue weighted by atomic mass is 10.1. The number of carbonyl (C=O) groups excluding carboxylic acids is 1. The van der Waals surface area contributed by atoms with E-state index in [0.29, 0.717) is 0 Å². The molecule has 2 N–H and O–H groups in total. The highest BCUT2D eigenvalue weighted by Crippen LogP contribution is 2.05. The Morgan fingerprint density at radius 3 is 2.74 bits per heavy atom. The summed E-state index contributed by atoms with van der Waals surface area (Å²) < 4.78 is 0.